The molecule has 0 saturated carbocycles. The van der Waals surface area contributed by atoms with Crippen molar-refractivity contribution in [3.05, 3.63) is 30.3 Å². The van der Waals surface area contributed by atoms with Gasteiger partial charge in [0.05, 0.1) is 0 Å². The Morgan fingerprint density at radius 1 is 0.447 bits per heavy atom. The van der Waals surface area contributed by atoms with E-state index in [0.29, 0.717) is 39.6 Å². The predicted octanol–water partition coefficient (Wildman–Crippen LogP) is 7.90. The monoisotopic (exact) mass is 572 g/mol. The Morgan fingerprint density at radius 3 is 1.18 bits per heavy atom. The molecule has 0 amide bonds. The van der Waals surface area contributed by atoms with E-state index in [1.165, 1.54) is 64.2 Å². The van der Waals surface area contributed by atoms with Crippen LogP contribution in [0.25, 0.3) is 0 Å². The third-order valence-corrected chi connectivity index (χ3v) is 12.3. The SMILES string of the molecule is CCCCCCCCCCCC[Si](OCC)(OCC)OCC.CCO[Si](OCC)(OCC)c1ccccc1. The van der Waals surface area contributed by atoms with Crippen molar-refractivity contribution in [2.24, 2.45) is 0 Å². The molecule has 0 saturated heterocycles. The van der Waals surface area contributed by atoms with Gasteiger partial charge in [-0.1, -0.05) is 95.0 Å². The van der Waals surface area contributed by atoms with Crippen molar-refractivity contribution in [1.29, 1.82) is 0 Å². The third kappa shape index (κ3) is 16.5. The highest BCUT2D eigenvalue weighted by molar-refractivity contribution is 6.75. The Hall–Kier alpha value is -0.586. The van der Waals surface area contributed by atoms with Crippen molar-refractivity contribution in [3.8, 4) is 0 Å². The predicted molar refractivity (Wildman–Crippen MR) is 164 cm³/mol. The van der Waals surface area contributed by atoms with E-state index in [2.05, 4.69) is 6.92 Å². The highest BCUT2D eigenvalue weighted by Crippen LogP contribution is 2.21. The van der Waals surface area contributed by atoms with Crippen LogP contribution in [0.15, 0.2) is 30.3 Å². The molecule has 0 radical (unpaired) electrons. The Kier molecular flexibility index (Phi) is 25.0. The van der Waals surface area contributed by atoms with Gasteiger partial charge in [-0.2, -0.15) is 0 Å². The van der Waals surface area contributed by atoms with Gasteiger partial charge >= 0.3 is 17.6 Å². The Balaban J connectivity index is 0.000000755. The first-order valence-corrected chi connectivity index (χ1v) is 19.1. The number of hydrogen-bond donors (Lipinski definition) is 0. The van der Waals surface area contributed by atoms with E-state index in [0.717, 1.165) is 11.2 Å². The van der Waals surface area contributed by atoms with Crippen molar-refractivity contribution in [3.63, 3.8) is 0 Å². The van der Waals surface area contributed by atoms with Crippen LogP contribution in [0.5, 0.6) is 0 Å². The zero-order valence-electron chi connectivity index (χ0n) is 25.9. The smallest absolute Gasteiger partial charge is 0.374 e. The van der Waals surface area contributed by atoms with Crippen LogP contribution in [0.2, 0.25) is 6.04 Å². The highest BCUT2D eigenvalue weighted by Gasteiger charge is 2.43. The first-order chi connectivity index (χ1) is 18.5. The second kappa shape index (κ2) is 25.4. The fraction of sp³-hybridized carbons (Fsp3) is 0.800. The molecule has 8 heteroatoms. The molecule has 0 aromatic heterocycles. The van der Waals surface area contributed by atoms with Gasteiger partial charge in [-0.05, 0) is 48.0 Å². The van der Waals surface area contributed by atoms with E-state index >= 15 is 0 Å². The second-order valence-corrected chi connectivity index (χ2v) is 14.4. The van der Waals surface area contributed by atoms with Gasteiger partial charge in [-0.3, -0.25) is 0 Å². The van der Waals surface area contributed by atoms with Crippen molar-refractivity contribution < 1.29 is 26.6 Å². The van der Waals surface area contributed by atoms with E-state index in [1.807, 2.05) is 71.9 Å². The topological polar surface area (TPSA) is 55.4 Å². The fourth-order valence-electron chi connectivity index (χ4n) is 4.42. The number of unbranched alkanes of at least 4 members (excludes halogenated alkanes) is 9. The molecule has 1 aromatic carbocycles. The summed E-state index contributed by atoms with van der Waals surface area (Å²) in [6.45, 7) is 18.1. The maximum Gasteiger partial charge on any atom is 0.537 e. The Labute approximate surface area is 237 Å². The highest BCUT2D eigenvalue weighted by atomic mass is 28.4. The minimum atomic E-state index is -2.67. The fourth-order valence-corrected chi connectivity index (χ4v) is 9.59. The van der Waals surface area contributed by atoms with E-state index in [9.17, 15) is 0 Å². The summed E-state index contributed by atoms with van der Waals surface area (Å²) in [5, 5.41) is 1.03. The minimum Gasteiger partial charge on any atom is -0.374 e. The lowest BCUT2D eigenvalue weighted by atomic mass is 10.1. The maximum absolute atomic E-state index is 5.89. The van der Waals surface area contributed by atoms with Crippen LogP contribution in [0, 0.1) is 0 Å². The van der Waals surface area contributed by atoms with Crippen LogP contribution in [0.3, 0.4) is 0 Å². The zero-order chi connectivity index (χ0) is 28.4. The number of hydrogen-bond acceptors (Lipinski definition) is 6. The first kappa shape index (κ1) is 37.4. The molecule has 0 heterocycles. The molecule has 0 atom stereocenters. The minimum absolute atomic E-state index is 0.598. The molecule has 224 valence electrons. The normalized spacial score (nSPS) is 11.9. The van der Waals surface area contributed by atoms with Gasteiger partial charge in [0.25, 0.3) is 0 Å². The van der Waals surface area contributed by atoms with E-state index < -0.39 is 17.6 Å². The molecule has 0 unspecified atom stereocenters. The molecule has 0 bridgehead atoms. The van der Waals surface area contributed by atoms with Crippen molar-refractivity contribution in [2.75, 3.05) is 39.6 Å². The van der Waals surface area contributed by atoms with Gasteiger partial charge in [0.1, 0.15) is 0 Å². The largest absolute Gasteiger partial charge is 0.537 e. The molecule has 0 spiro atoms. The van der Waals surface area contributed by atoms with Crippen molar-refractivity contribution >= 4 is 22.8 Å². The summed E-state index contributed by atoms with van der Waals surface area (Å²) in [6, 6.07) is 10.9. The molecule has 0 fully saturated rings. The van der Waals surface area contributed by atoms with Crippen LogP contribution in [-0.2, 0) is 26.6 Å². The summed E-state index contributed by atoms with van der Waals surface area (Å²) >= 11 is 0. The average Bonchev–Trinajstić information content (AvgIpc) is 2.91. The van der Waals surface area contributed by atoms with Crippen LogP contribution in [0.1, 0.15) is 113 Å². The van der Waals surface area contributed by atoms with Crippen LogP contribution in [0.4, 0.5) is 0 Å². The van der Waals surface area contributed by atoms with Gasteiger partial charge in [0.15, 0.2) is 0 Å². The second-order valence-electron chi connectivity index (χ2n) is 9.14. The zero-order valence-corrected chi connectivity index (χ0v) is 27.9. The molecule has 0 aliphatic carbocycles. The molecular formula is C30H60O6Si2. The van der Waals surface area contributed by atoms with E-state index in [1.54, 1.807) is 0 Å². The molecule has 38 heavy (non-hydrogen) atoms. The lowest BCUT2D eigenvalue weighted by molar-refractivity contribution is 0.0706. The van der Waals surface area contributed by atoms with Gasteiger partial charge in [-0.15, -0.1) is 0 Å². The quantitative estimate of drug-likeness (QED) is 0.0927. The van der Waals surface area contributed by atoms with Crippen molar-refractivity contribution in [1.82, 2.24) is 0 Å². The maximum atomic E-state index is 5.89. The molecule has 0 aliphatic heterocycles. The first-order valence-electron chi connectivity index (χ1n) is 15.4. The average molecular weight is 573 g/mol. The number of rotatable bonds is 24. The van der Waals surface area contributed by atoms with Gasteiger partial charge < -0.3 is 26.6 Å². The molecule has 6 nitrogen and oxygen atoms in total. The molecule has 0 aliphatic rings. The summed E-state index contributed by atoms with van der Waals surface area (Å²) in [5.74, 6) is 0. The van der Waals surface area contributed by atoms with Gasteiger partial charge in [-0.25, -0.2) is 0 Å². The van der Waals surface area contributed by atoms with Crippen LogP contribution >= 0.6 is 0 Å². The molecule has 1 rings (SSSR count). The van der Waals surface area contributed by atoms with Crippen LogP contribution in [-0.4, -0.2) is 57.3 Å². The molecule has 1 aromatic rings. The standard InChI is InChI=1S/C18H40O3Si.C12H20O3Si/c1-5-9-10-11-12-13-14-15-16-17-18-22(19-6-2,20-7-3)21-8-4;1-4-13-16(14-5-2,15-6-3)12-10-8-7-9-11-12/h5-18H2,1-4H3;7-11H,4-6H2,1-3H3. The molecule has 0 N–H and O–H groups in total. The van der Waals surface area contributed by atoms with Gasteiger partial charge in [0, 0.05) is 50.9 Å². The van der Waals surface area contributed by atoms with Crippen molar-refractivity contribution in [2.45, 2.75) is 119 Å². The lowest BCUT2D eigenvalue weighted by Gasteiger charge is -2.28. The summed E-state index contributed by atoms with van der Waals surface area (Å²) < 4.78 is 35.0. The lowest BCUT2D eigenvalue weighted by Crippen LogP contribution is -2.56. The Bertz CT molecular complexity index is 586. The van der Waals surface area contributed by atoms with E-state index in [4.69, 9.17) is 26.6 Å². The van der Waals surface area contributed by atoms with Crippen LogP contribution < -0.4 is 5.19 Å². The third-order valence-electron chi connectivity index (χ3n) is 6.06. The van der Waals surface area contributed by atoms with Gasteiger partial charge in [0.2, 0.25) is 0 Å². The summed E-state index contributed by atoms with van der Waals surface area (Å²) in [6.07, 6.45) is 13.5. The summed E-state index contributed by atoms with van der Waals surface area (Å²) in [7, 11) is -5.06. The number of benzene rings is 1. The summed E-state index contributed by atoms with van der Waals surface area (Å²) in [5.41, 5.74) is 0. The Morgan fingerprint density at radius 2 is 0.816 bits per heavy atom. The molecular weight excluding hydrogens is 512 g/mol. The summed E-state index contributed by atoms with van der Waals surface area (Å²) in [4.78, 5) is 0. The van der Waals surface area contributed by atoms with E-state index in [-0.39, 0.29) is 0 Å².